The van der Waals surface area contributed by atoms with E-state index in [1.165, 1.54) is 44.5 Å². The molecule has 0 radical (unpaired) electrons. The third-order valence-electron chi connectivity index (χ3n) is 3.74. The molecule has 1 aromatic rings. The maximum Gasteiger partial charge on any atom is 0.122 e. The highest BCUT2D eigenvalue weighted by Gasteiger charge is 2.24. The van der Waals surface area contributed by atoms with E-state index in [0.29, 0.717) is 6.04 Å². The minimum Gasteiger partial charge on any atom is -0.468 e. The first-order chi connectivity index (χ1) is 9.42. The van der Waals surface area contributed by atoms with Gasteiger partial charge in [-0.05, 0) is 69.5 Å². The van der Waals surface area contributed by atoms with E-state index < -0.39 is 0 Å². The van der Waals surface area contributed by atoms with Crippen molar-refractivity contribution in [3.63, 3.8) is 0 Å². The summed E-state index contributed by atoms with van der Waals surface area (Å²) in [7, 11) is 0. The van der Waals surface area contributed by atoms with Crippen molar-refractivity contribution in [2.24, 2.45) is 0 Å². The number of hydrogen-bond donors (Lipinski definition) is 1. The number of thioether (sulfide) groups is 1. The van der Waals surface area contributed by atoms with Crippen molar-refractivity contribution in [3.05, 3.63) is 24.2 Å². The number of likely N-dealkylation sites (tertiary alicyclic amines) is 1. The van der Waals surface area contributed by atoms with Gasteiger partial charge in [0.15, 0.2) is 0 Å². The molecule has 1 fully saturated rings. The molecule has 1 aliphatic rings. The summed E-state index contributed by atoms with van der Waals surface area (Å²) in [5, 5.41) is 3.60. The molecular weight excluding hydrogens is 256 g/mol. The number of unbranched alkanes of at least 4 members (excludes halogenated alkanes) is 1. The molecule has 1 atom stereocenters. The van der Waals surface area contributed by atoms with Gasteiger partial charge in [-0.1, -0.05) is 0 Å². The predicted molar refractivity (Wildman–Crippen MR) is 82.7 cm³/mol. The highest BCUT2D eigenvalue weighted by Crippen LogP contribution is 2.24. The van der Waals surface area contributed by atoms with Crippen LogP contribution in [0.25, 0.3) is 0 Å². The lowest BCUT2D eigenvalue weighted by atomic mass is 10.2. The highest BCUT2D eigenvalue weighted by molar-refractivity contribution is 7.98. The van der Waals surface area contributed by atoms with Gasteiger partial charge in [-0.3, -0.25) is 4.90 Å². The molecule has 19 heavy (non-hydrogen) atoms. The van der Waals surface area contributed by atoms with Gasteiger partial charge in [-0.25, -0.2) is 0 Å². The van der Waals surface area contributed by atoms with E-state index in [9.17, 15) is 0 Å². The first-order valence-electron chi connectivity index (χ1n) is 7.39. The topological polar surface area (TPSA) is 28.4 Å². The Morgan fingerprint density at radius 2 is 2.21 bits per heavy atom. The minimum atomic E-state index is 0.415. The van der Waals surface area contributed by atoms with E-state index in [1.54, 1.807) is 6.26 Å². The average molecular weight is 282 g/mol. The summed E-state index contributed by atoms with van der Waals surface area (Å²) in [6.45, 7) is 4.54. The number of furan rings is 1. The maximum atomic E-state index is 5.62. The molecule has 1 N–H and O–H groups in total. The van der Waals surface area contributed by atoms with Crippen LogP contribution < -0.4 is 5.32 Å². The highest BCUT2D eigenvalue weighted by atomic mass is 32.2. The molecule has 1 aromatic heterocycles. The van der Waals surface area contributed by atoms with Crippen LogP contribution >= 0.6 is 11.8 Å². The van der Waals surface area contributed by atoms with Crippen molar-refractivity contribution < 1.29 is 4.42 Å². The molecule has 1 aliphatic heterocycles. The van der Waals surface area contributed by atoms with E-state index >= 15 is 0 Å². The third kappa shape index (κ3) is 4.86. The van der Waals surface area contributed by atoms with Gasteiger partial charge in [0.2, 0.25) is 0 Å². The van der Waals surface area contributed by atoms with Crippen molar-refractivity contribution in [3.8, 4) is 0 Å². The lowest BCUT2D eigenvalue weighted by molar-refractivity contribution is 0.209. The van der Waals surface area contributed by atoms with E-state index in [-0.39, 0.29) is 0 Å². The summed E-state index contributed by atoms with van der Waals surface area (Å²) in [4.78, 5) is 2.55. The molecule has 108 valence electrons. The van der Waals surface area contributed by atoms with Gasteiger partial charge in [0.1, 0.15) is 5.76 Å². The van der Waals surface area contributed by atoms with Crippen LogP contribution in [0.2, 0.25) is 0 Å². The summed E-state index contributed by atoms with van der Waals surface area (Å²) in [6.07, 6.45) is 9.19. The summed E-state index contributed by atoms with van der Waals surface area (Å²) in [5.74, 6) is 2.38. The van der Waals surface area contributed by atoms with Crippen molar-refractivity contribution in [1.29, 1.82) is 0 Å². The Labute approximate surface area is 121 Å². The summed E-state index contributed by atoms with van der Waals surface area (Å²) >= 11 is 1.93. The number of hydrogen-bond acceptors (Lipinski definition) is 4. The van der Waals surface area contributed by atoms with Crippen LogP contribution in [0, 0.1) is 0 Å². The Kier molecular flexibility index (Phi) is 6.82. The Morgan fingerprint density at radius 3 is 2.89 bits per heavy atom. The molecule has 0 saturated carbocycles. The summed E-state index contributed by atoms with van der Waals surface area (Å²) < 4.78 is 5.62. The van der Waals surface area contributed by atoms with Gasteiger partial charge < -0.3 is 9.73 Å². The summed E-state index contributed by atoms with van der Waals surface area (Å²) in [5.41, 5.74) is 0. The molecule has 2 heterocycles. The van der Waals surface area contributed by atoms with E-state index in [4.69, 9.17) is 4.42 Å². The average Bonchev–Trinajstić information content (AvgIpc) is 3.11. The quantitative estimate of drug-likeness (QED) is 0.704. The number of rotatable bonds is 9. The maximum absolute atomic E-state index is 5.62. The standard InChI is InChI=1S/C15H26N2OS/c1-19-12-5-2-8-16-13-14(15-7-6-11-18-15)17-9-3-4-10-17/h6-7,11,14,16H,2-5,8-10,12-13H2,1H3. The minimum absolute atomic E-state index is 0.415. The fourth-order valence-corrected chi connectivity index (χ4v) is 3.17. The van der Waals surface area contributed by atoms with Crippen molar-refractivity contribution in [1.82, 2.24) is 10.2 Å². The first-order valence-corrected chi connectivity index (χ1v) is 8.78. The second kappa shape index (κ2) is 8.67. The van der Waals surface area contributed by atoms with Crippen LogP contribution in [0.4, 0.5) is 0 Å². The molecule has 0 spiro atoms. The van der Waals surface area contributed by atoms with Gasteiger partial charge in [0.25, 0.3) is 0 Å². The van der Waals surface area contributed by atoms with E-state index in [0.717, 1.165) is 18.8 Å². The smallest absolute Gasteiger partial charge is 0.122 e. The van der Waals surface area contributed by atoms with Gasteiger partial charge >= 0.3 is 0 Å². The monoisotopic (exact) mass is 282 g/mol. The number of nitrogens with zero attached hydrogens (tertiary/aromatic N) is 1. The fourth-order valence-electron chi connectivity index (χ4n) is 2.68. The Morgan fingerprint density at radius 1 is 1.37 bits per heavy atom. The second-order valence-corrected chi connectivity index (χ2v) is 6.16. The molecule has 0 aromatic carbocycles. The fraction of sp³-hybridized carbons (Fsp3) is 0.733. The van der Waals surface area contributed by atoms with Crippen molar-refractivity contribution in [2.45, 2.75) is 31.7 Å². The largest absolute Gasteiger partial charge is 0.468 e. The third-order valence-corrected chi connectivity index (χ3v) is 4.44. The molecule has 2 rings (SSSR count). The molecule has 0 aliphatic carbocycles. The molecule has 4 heteroatoms. The van der Waals surface area contributed by atoms with Crippen LogP contribution in [0.3, 0.4) is 0 Å². The van der Waals surface area contributed by atoms with Gasteiger partial charge in [0.05, 0.1) is 12.3 Å². The summed E-state index contributed by atoms with van der Waals surface area (Å²) in [6, 6.07) is 4.52. The van der Waals surface area contributed by atoms with E-state index in [2.05, 4.69) is 22.5 Å². The van der Waals surface area contributed by atoms with Gasteiger partial charge in [-0.15, -0.1) is 0 Å². The zero-order valence-corrected chi connectivity index (χ0v) is 12.8. The SMILES string of the molecule is CSCCCCNCC(c1ccco1)N1CCCC1. The Hall–Kier alpha value is -0.450. The van der Waals surface area contributed by atoms with Gasteiger partial charge in [-0.2, -0.15) is 11.8 Å². The Bertz CT molecular complexity index is 323. The first kappa shape index (κ1) is 14.9. The van der Waals surface area contributed by atoms with Crippen LogP contribution in [0.15, 0.2) is 22.8 Å². The molecule has 1 saturated heterocycles. The molecule has 1 unspecified atom stereocenters. The van der Waals surface area contributed by atoms with Crippen LogP contribution in [0.1, 0.15) is 37.5 Å². The Balaban J connectivity index is 1.75. The van der Waals surface area contributed by atoms with Gasteiger partial charge in [0, 0.05) is 6.54 Å². The van der Waals surface area contributed by atoms with E-state index in [1.807, 2.05) is 17.8 Å². The predicted octanol–water partition coefficient (Wildman–Crippen LogP) is 3.15. The normalized spacial score (nSPS) is 17.9. The number of nitrogens with one attached hydrogen (secondary N) is 1. The molecule has 0 amide bonds. The van der Waals surface area contributed by atoms with Crippen LogP contribution in [0.5, 0.6) is 0 Å². The molecule has 0 bridgehead atoms. The van der Waals surface area contributed by atoms with Crippen molar-refractivity contribution >= 4 is 11.8 Å². The molecule has 3 nitrogen and oxygen atoms in total. The lowest BCUT2D eigenvalue weighted by Gasteiger charge is -2.26. The molecular formula is C15H26N2OS. The zero-order valence-electron chi connectivity index (χ0n) is 11.9. The zero-order chi connectivity index (χ0) is 13.3. The lowest BCUT2D eigenvalue weighted by Crippen LogP contribution is -2.34. The van der Waals surface area contributed by atoms with Crippen LogP contribution in [-0.4, -0.2) is 43.1 Å². The van der Waals surface area contributed by atoms with Crippen molar-refractivity contribution in [2.75, 3.05) is 38.2 Å². The van der Waals surface area contributed by atoms with Crippen LogP contribution in [-0.2, 0) is 0 Å². The second-order valence-electron chi connectivity index (χ2n) is 5.18.